The van der Waals surface area contributed by atoms with Crippen LogP contribution in [0, 0.1) is 11.2 Å². The summed E-state index contributed by atoms with van der Waals surface area (Å²) in [5, 5.41) is 0. The van der Waals surface area contributed by atoms with Crippen LogP contribution in [0.3, 0.4) is 0 Å². The Hall–Kier alpha value is -0.890. The first-order valence-electron chi connectivity index (χ1n) is 5.69. The molecule has 0 amide bonds. The smallest absolute Gasteiger partial charge is 0.123 e. The molecule has 2 N–H and O–H groups in total. The van der Waals surface area contributed by atoms with E-state index in [9.17, 15) is 4.39 Å². The average Bonchev–Trinajstić information content (AvgIpc) is 2.99. The van der Waals surface area contributed by atoms with Crippen LogP contribution in [-0.4, -0.2) is 6.54 Å². The third-order valence-corrected chi connectivity index (χ3v) is 3.49. The van der Waals surface area contributed by atoms with Crippen molar-refractivity contribution in [1.82, 2.24) is 0 Å². The zero-order valence-corrected chi connectivity index (χ0v) is 9.01. The van der Waals surface area contributed by atoms with Gasteiger partial charge in [0.05, 0.1) is 0 Å². The summed E-state index contributed by atoms with van der Waals surface area (Å²) in [6.45, 7) is 0.795. The molecule has 1 saturated carbocycles. The minimum absolute atomic E-state index is 0.151. The van der Waals surface area contributed by atoms with Gasteiger partial charge in [-0.15, -0.1) is 0 Å². The second-order valence-electron chi connectivity index (χ2n) is 4.67. The molecule has 0 aliphatic heterocycles. The fraction of sp³-hybridized carbons (Fsp3) is 0.538. The number of nitrogens with two attached hydrogens (primary N) is 1. The maximum absolute atomic E-state index is 12.7. The van der Waals surface area contributed by atoms with E-state index in [1.165, 1.54) is 37.0 Å². The first kappa shape index (κ1) is 10.6. The van der Waals surface area contributed by atoms with Crippen molar-refractivity contribution >= 4 is 0 Å². The zero-order valence-electron chi connectivity index (χ0n) is 9.01. The Balaban J connectivity index is 1.85. The molecule has 2 heteroatoms. The largest absolute Gasteiger partial charge is 0.330 e. The van der Waals surface area contributed by atoms with Gasteiger partial charge in [0.1, 0.15) is 5.82 Å². The maximum atomic E-state index is 12.7. The third-order valence-electron chi connectivity index (χ3n) is 3.49. The number of halogens is 1. The molecule has 0 radical (unpaired) electrons. The molecular formula is C13H18FN. The highest BCUT2D eigenvalue weighted by Crippen LogP contribution is 2.52. The molecule has 0 bridgehead atoms. The molecule has 82 valence electrons. The van der Waals surface area contributed by atoms with Gasteiger partial charge in [-0.2, -0.15) is 0 Å². The topological polar surface area (TPSA) is 26.0 Å². The van der Waals surface area contributed by atoms with Gasteiger partial charge in [0.25, 0.3) is 0 Å². The lowest BCUT2D eigenvalue weighted by molar-refractivity contribution is 0.436. The van der Waals surface area contributed by atoms with Crippen LogP contribution in [0.15, 0.2) is 24.3 Å². The molecule has 0 heterocycles. The van der Waals surface area contributed by atoms with Crippen LogP contribution in [0.5, 0.6) is 0 Å². The summed E-state index contributed by atoms with van der Waals surface area (Å²) in [5.41, 5.74) is 7.36. The van der Waals surface area contributed by atoms with Gasteiger partial charge in [0, 0.05) is 0 Å². The average molecular weight is 207 g/mol. The number of rotatable bonds is 5. The lowest BCUT2D eigenvalue weighted by Crippen LogP contribution is -2.10. The fourth-order valence-corrected chi connectivity index (χ4v) is 2.17. The molecule has 0 aromatic heterocycles. The summed E-state index contributed by atoms with van der Waals surface area (Å²) in [7, 11) is 0. The van der Waals surface area contributed by atoms with Gasteiger partial charge in [0.15, 0.2) is 0 Å². The lowest BCUT2D eigenvalue weighted by Gasteiger charge is -2.13. The monoisotopic (exact) mass is 207 g/mol. The molecule has 0 unspecified atom stereocenters. The van der Waals surface area contributed by atoms with Gasteiger partial charge in [-0.05, 0) is 61.8 Å². The summed E-state index contributed by atoms with van der Waals surface area (Å²) in [5.74, 6) is -0.151. The fourth-order valence-electron chi connectivity index (χ4n) is 2.17. The van der Waals surface area contributed by atoms with Crippen LogP contribution in [0.2, 0.25) is 0 Å². The van der Waals surface area contributed by atoms with E-state index in [-0.39, 0.29) is 5.82 Å². The van der Waals surface area contributed by atoms with Crippen LogP contribution in [-0.2, 0) is 6.42 Å². The first-order valence-corrected chi connectivity index (χ1v) is 5.69. The van der Waals surface area contributed by atoms with Crippen LogP contribution in [0.4, 0.5) is 4.39 Å². The standard InChI is InChI=1S/C13H18FN/c14-12-3-1-11(2-4-12)5-6-13(7-8-13)9-10-15/h1-4H,5-10,15H2. The van der Waals surface area contributed by atoms with E-state index in [2.05, 4.69) is 0 Å². The van der Waals surface area contributed by atoms with Gasteiger partial charge in [-0.3, -0.25) is 0 Å². The minimum atomic E-state index is -0.151. The van der Waals surface area contributed by atoms with E-state index < -0.39 is 0 Å². The van der Waals surface area contributed by atoms with Crippen LogP contribution >= 0.6 is 0 Å². The Morgan fingerprint density at radius 3 is 2.33 bits per heavy atom. The highest BCUT2D eigenvalue weighted by molar-refractivity contribution is 5.16. The number of aryl methyl sites for hydroxylation is 1. The second-order valence-corrected chi connectivity index (χ2v) is 4.67. The Morgan fingerprint density at radius 1 is 1.13 bits per heavy atom. The molecule has 1 aliphatic rings. The van der Waals surface area contributed by atoms with Crippen molar-refractivity contribution < 1.29 is 4.39 Å². The van der Waals surface area contributed by atoms with Crippen LogP contribution < -0.4 is 5.73 Å². The summed E-state index contributed by atoms with van der Waals surface area (Å²) < 4.78 is 12.7. The molecule has 1 aromatic rings. The van der Waals surface area contributed by atoms with Gasteiger partial charge in [-0.1, -0.05) is 12.1 Å². The van der Waals surface area contributed by atoms with Gasteiger partial charge in [-0.25, -0.2) is 4.39 Å². The molecule has 1 nitrogen and oxygen atoms in total. The van der Waals surface area contributed by atoms with Gasteiger partial charge >= 0.3 is 0 Å². The number of hydrogen-bond acceptors (Lipinski definition) is 1. The molecule has 0 saturated heterocycles. The van der Waals surface area contributed by atoms with E-state index in [4.69, 9.17) is 5.73 Å². The maximum Gasteiger partial charge on any atom is 0.123 e. The van der Waals surface area contributed by atoms with E-state index in [1.807, 2.05) is 12.1 Å². The second kappa shape index (κ2) is 4.31. The first-order chi connectivity index (χ1) is 7.24. The molecule has 1 aromatic carbocycles. The Labute approximate surface area is 90.5 Å². The van der Waals surface area contributed by atoms with E-state index in [1.54, 1.807) is 0 Å². The van der Waals surface area contributed by atoms with E-state index in [0.717, 1.165) is 19.4 Å². The van der Waals surface area contributed by atoms with Crippen molar-refractivity contribution in [1.29, 1.82) is 0 Å². The molecule has 0 atom stereocenters. The van der Waals surface area contributed by atoms with E-state index >= 15 is 0 Å². The lowest BCUT2D eigenvalue weighted by atomic mass is 9.94. The Bertz CT molecular complexity index is 314. The van der Waals surface area contributed by atoms with Crippen molar-refractivity contribution in [3.05, 3.63) is 35.6 Å². The van der Waals surface area contributed by atoms with Crippen LogP contribution in [0.1, 0.15) is 31.2 Å². The SMILES string of the molecule is NCCC1(CCc2ccc(F)cc2)CC1. The minimum Gasteiger partial charge on any atom is -0.330 e. The van der Waals surface area contributed by atoms with Crippen molar-refractivity contribution in [3.8, 4) is 0 Å². The van der Waals surface area contributed by atoms with Crippen molar-refractivity contribution in [3.63, 3.8) is 0 Å². The van der Waals surface area contributed by atoms with Crippen molar-refractivity contribution in [2.45, 2.75) is 32.1 Å². The summed E-state index contributed by atoms with van der Waals surface area (Å²) >= 11 is 0. The summed E-state index contributed by atoms with van der Waals surface area (Å²) in [6, 6.07) is 6.84. The predicted molar refractivity (Wildman–Crippen MR) is 60.1 cm³/mol. The molecule has 2 rings (SSSR count). The highest BCUT2D eigenvalue weighted by Gasteiger charge is 2.40. The summed E-state index contributed by atoms with van der Waals surface area (Å²) in [6.07, 6.45) is 6.06. The number of benzene rings is 1. The molecule has 1 fully saturated rings. The Kier molecular flexibility index (Phi) is 3.06. The zero-order chi connectivity index (χ0) is 10.7. The van der Waals surface area contributed by atoms with Crippen molar-refractivity contribution in [2.24, 2.45) is 11.1 Å². The third kappa shape index (κ3) is 2.78. The molecule has 1 aliphatic carbocycles. The summed E-state index contributed by atoms with van der Waals surface area (Å²) in [4.78, 5) is 0. The normalized spacial score (nSPS) is 17.7. The van der Waals surface area contributed by atoms with Crippen LogP contribution in [0.25, 0.3) is 0 Å². The predicted octanol–water partition coefficient (Wildman–Crippen LogP) is 2.89. The van der Waals surface area contributed by atoms with E-state index in [0.29, 0.717) is 5.41 Å². The van der Waals surface area contributed by atoms with Gasteiger partial charge in [0.2, 0.25) is 0 Å². The molecule has 0 spiro atoms. The van der Waals surface area contributed by atoms with Gasteiger partial charge < -0.3 is 5.73 Å². The molecular weight excluding hydrogens is 189 g/mol. The Morgan fingerprint density at radius 2 is 1.80 bits per heavy atom. The highest BCUT2D eigenvalue weighted by atomic mass is 19.1. The quantitative estimate of drug-likeness (QED) is 0.789. The molecule has 15 heavy (non-hydrogen) atoms. The van der Waals surface area contributed by atoms with Crippen molar-refractivity contribution in [2.75, 3.05) is 6.54 Å². The number of hydrogen-bond donors (Lipinski definition) is 1.